The minimum atomic E-state index is -2.54. The number of nitrogens with zero attached hydrogens (tertiary/aromatic N) is 3. The number of esters is 2. The number of hydrogen-bond donors (Lipinski definition) is 6. The lowest BCUT2D eigenvalue weighted by Crippen LogP contribution is -2.60. The number of Topliss-reactive ketones (excluding diaryl/α,β-unsaturated/α-hetero) is 1. The summed E-state index contributed by atoms with van der Waals surface area (Å²) < 4.78 is 23.6. The Hall–Kier alpha value is -7.00. The number of piperidine rings is 1. The van der Waals surface area contributed by atoms with Gasteiger partial charge < -0.3 is 64.9 Å². The predicted octanol–water partition coefficient (Wildman–Crippen LogP) is 2.42. The fourth-order valence-electron chi connectivity index (χ4n) is 11.8. The van der Waals surface area contributed by atoms with E-state index in [-0.39, 0.29) is 76.3 Å². The fourth-order valence-corrected chi connectivity index (χ4v) is 12.6. The third-order valence-corrected chi connectivity index (χ3v) is 17.9. The van der Waals surface area contributed by atoms with Crippen LogP contribution in [0.15, 0.2) is 60.7 Å². The van der Waals surface area contributed by atoms with Gasteiger partial charge in [0.1, 0.15) is 36.4 Å². The summed E-state index contributed by atoms with van der Waals surface area (Å²) in [7, 11) is 4.32. The number of carbonyl (C=O) groups is 11. The number of aliphatic hydroxyl groups is 1. The SMILES string of the molecule is CO[C@@H]1C[C@H](C[C@@H](C)[C@@H]2CC(=O)NCCNC(=O)CN(C)C(=O)[C@H](Cc3ccccc3)NC(=O)[C@H](Cc3ccccc3)N(C)C(=O)[C@H](C)NC(=O)CSCC[C@@H]3CC[C@@H](C)[C@@](O)(O3)C(=O)C(=O)N3CCCC[C@H]3C(=O)O2)CC[C@H]1OC(=O)CCC(=O)OO. The molecule has 4 aliphatic rings. The molecule has 3 saturated heterocycles. The molecule has 1 saturated carbocycles. The van der Waals surface area contributed by atoms with E-state index in [1.807, 2.05) is 6.07 Å². The maximum Gasteiger partial charge on any atom is 0.342 e. The molecule has 7 amide bonds. The van der Waals surface area contributed by atoms with Gasteiger partial charge in [0.15, 0.2) is 0 Å². The maximum atomic E-state index is 14.6. The molecule has 12 atom stereocenters. The molecule has 3 aliphatic heterocycles. The van der Waals surface area contributed by atoms with Gasteiger partial charge in [0.25, 0.3) is 11.7 Å². The van der Waals surface area contributed by atoms with Gasteiger partial charge in [-0.2, -0.15) is 17.0 Å². The first-order chi connectivity index (χ1) is 42.0. The Kier molecular flexibility index (Phi) is 27.2. The zero-order valence-electron chi connectivity index (χ0n) is 51.1. The molecule has 88 heavy (non-hydrogen) atoms. The lowest BCUT2D eigenvalue weighted by Gasteiger charge is -2.42. The molecule has 2 aromatic carbocycles. The van der Waals surface area contributed by atoms with Crippen LogP contribution in [-0.2, 0) is 89.4 Å². The van der Waals surface area contributed by atoms with E-state index in [0.717, 1.165) is 9.80 Å². The largest absolute Gasteiger partial charge is 0.460 e. The summed E-state index contributed by atoms with van der Waals surface area (Å²) in [6.45, 7) is 4.27. The second-order valence-corrected chi connectivity index (χ2v) is 24.6. The molecule has 2 aromatic rings. The second-order valence-electron chi connectivity index (χ2n) is 23.5. The number of benzene rings is 2. The van der Waals surface area contributed by atoms with Crippen LogP contribution < -0.4 is 21.3 Å². The lowest BCUT2D eigenvalue weighted by molar-refractivity contribution is -0.262. The Bertz CT molecular complexity index is 2750. The summed E-state index contributed by atoms with van der Waals surface area (Å²) in [5, 5.41) is 31.6. The van der Waals surface area contributed by atoms with Crippen LogP contribution in [0.25, 0.3) is 0 Å². The summed E-state index contributed by atoms with van der Waals surface area (Å²) in [6.07, 6.45) is -0.163. The minimum Gasteiger partial charge on any atom is -0.460 e. The number of methoxy groups -OCH3 is 1. The third-order valence-electron chi connectivity index (χ3n) is 16.9. The number of nitrogens with one attached hydrogen (secondary N) is 4. The highest BCUT2D eigenvalue weighted by molar-refractivity contribution is 7.99. The Labute approximate surface area is 517 Å². The van der Waals surface area contributed by atoms with E-state index in [9.17, 15) is 57.8 Å². The first kappa shape index (κ1) is 70.1. The summed E-state index contributed by atoms with van der Waals surface area (Å²) in [5.74, 6) is -12.1. The van der Waals surface area contributed by atoms with Crippen molar-refractivity contribution in [1.29, 1.82) is 0 Å². The Morgan fingerprint density at radius 3 is 2.10 bits per heavy atom. The van der Waals surface area contributed by atoms with Gasteiger partial charge in [0.2, 0.25) is 41.2 Å². The zero-order chi connectivity index (χ0) is 64.1. The van der Waals surface area contributed by atoms with Gasteiger partial charge in [-0.25, -0.2) is 9.59 Å². The zero-order valence-corrected chi connectivity index (χ0v) is 52.0. The molecule has 2 bridgehead atoms. The summed E-state index contributed by atoms with van der Waals surface area (Å²) >= 11 is 1.22. The number of likely N-dealkylation sites (N-methyl/N-ethyl adjacent to an activating group) is 2. The first-order valence-electron chi connectivity index (χ1n) is 30.3. The number of carbonyl (C=O) groups excluding carboxylic acids is 11. The number of rotatable bonds is 12. The average molecular weight is 1250 g/mol. The normalized spacial score (nSPS) is 29.0. The van der Waals surface area contributed by atoms with Crippen LogP contribution in [0.2, 0.25) is 0 Å². The topological polar surface area (TPSA) is 332 Å². The van der Waals surface area contributed by atoms with Crippen molar-refractivity contribution in [2.24, 2.45) is 17.8 Å². The summed E-state index contributed by atoms with van der Waals surface area (Å²) in [6, 6.07) is 13.2. The van der Waals surface area contributed by atoms with E-state index in [1.165, 1.54) is 44.8 Å². The van der Waals surface area contributed by atoms with Crippen LogP contribution in [0.4, 0.5) is 0 Å². The summed E-state index contributed by atoms with van der Waals surface area (Å²) in [4.78, 5) is 158. The molecule has 26 heteroatoms. The quantitative estimate of drug-likeness (QED) is 0.0584. The molecule has 0 spiro atoms. The number of amides is 7. The van der Waals surface area contributed by atoms with E-state index in [2.05, 4.69) is 26.2 Å². The molecular formula is C62H87N7O18S. The summed E-state index contributed by atoms with van der Waals surface area (Å²) in [5.41, 5.74) is 1.41. The molecule has 484 valence electrons. The Morgan fingerprint density at radius 2 is 1.43 bits per heavy atom. The highest BCUT2D eigenvalue weighted by atomic mass is 32.2. The van der Waals surface area contributed by atoms with Gasteiger partial charge in [-0.15, -0.1) is 0 Å². The van der Waals surface area contributed by atoms with Crippen molar-refractivity contribution in [2.45, 2.75) is 171 Å². The molecule has 3 heterocycles. The smallest absolute Gasteiger partial charge is 0.342 e. The molecular weight excluding hydrogens is 1160 g/mol. The molecule has 0 aromatic heterocycles. The first-order valence-corrected chi connectivity index (χ1v) is 31.5. The van der Waals surface area contributed by atoms with Gasteiger partial charge in [-0.1, -0.05) is 74.5 Å². The number of cyclic esters (lactones) is 1. The van der Waals surface area contributed by atoms with Crippen molar-refractivity contribution in [3.8, 4) is 0 Å². The van der Waals surface area contributed by atoms with Crippen molar-refractivity contribution >= 4 is 76.8 Å². The standard InChI is InChI=1S/C62H87N7O18S/c1-38(31-43-21-23-48(50(34-43)83-6)84-54(73)24-25-55(74)87-82)49-35-51(70)63-27-28-64-52(71)36-67(4)59(78)45(32-41-15-9-7-10-16-41)66-57(76)47(33-42-17-11-8-12-18-42)68(5)58(77)40(3)65-53(72)37-88-30-26-44-22-20-39(2)62(81,86-44)56(75)60(79)69-29-14-13-19-46(69)61(80)85-49/h7-12,15-18,38-40,43-50,81-82H,13-14,19-37H2,1-6H3,(H,63,70)(H,64,71)(H,65,72)(H,66,76)/t38-,39-,40+,43+,44+,45+,46+,47+,48-,49+,50-,62-/m1/s1. The number of ether oxygens (including phenoxy) is 4. The van der Waals surface area contributed by atoms with E-state index in [1.54, 1.807) is 68.4 Å². The van der Waals surface area contributed by atoms with Crippen molar-refractivity contribution in [3.05, 3.63) is 71.8 Å². The third kappa shape index (κ3) is 20.3. The van der Waals surface area contributed by atoms with Crippen LogP contribution in [0.1, 0.15) is 115 Å². The van der Waals surface area contributed by atoms with Crippen LogP contribution >= 0.6 is 11.8 Å². The van der Waals surface area contributed by atoms with Gasteiger partial charge in [-0.3, -0.25) is 43.2 Å². The molecule has 4 fully saturated rings. The van der Waals surface area contributed by atoms with Crippen molar-refractivity contribution in [3.63, 3.8) is 0 Å². The van der Waals surface area contributed by atoms with E-state index in [0.29, 0.717) is 68.2 Å². The number of ketones is 1. The molecule has 0 radical (unpaired) electrons. The predicted molar refractivity (Wildman–Crippen MR) is 319 cm³/mol. The van der Waals surface area contributed by atoms with Gasteiger partial charge in [0, 0.05) is 59.6 Å². The van der Waals surface area contributed by atoms with E-state index in [4.69, 9.17) is 24.2 Å². The van der Waals surface area contributed by atoms with Gasteiger partial charge >= 0.3 is 17.9 Å². The fraction of sp³-hybridized carbons (Fsp3) is 0.629. The van der Waals surface area contributed by atoms with Crippen LogP contribution in [0.5, 0.6) is 0 Å². The highest BCUT2D eigenvalue weighted by Crippen LogP contribution is 2.37. The number of hydrogen-bond acceptors (Lipinski definition) is 19. The highest BCUT2D eigenvalue weighted by Gasteiger charge is 2.53. The van der Waals surface area contributed by atoms with Gasteiger partial charge in [-0.05, 0) is 99.8 Å². The molecule has 1 aliphatic carbocycles. The minimum absolute atomic E-state index is 0.0108. The van der Waals surface area contributed by atoms with Crippen molar-refractivity contribution < 1.29 is 86.9 Å². The van der Waals surface area contributed by atoms with Crippen LogP contribution in [0.3, 0.4) is 0 Å². The van der Waals surface area contributed by atoms with E-state index >= 15 is 0 Å². The number of thioether (sulfide) groups is 1. The van der Waals surface area contributed by atoms with Crippen molar-refractivity contribution in [1.82, 2.24) is 36.0 Å². The van der Waals surface area contributed by atoms with Crippen LogP contribution in [-0.4, -0.2) is 203 Å². The lowest BCUT2D eigenvalue weighted by atomic mass is 9.78. The monoisotopic (exact) mass is 1250 g/mol. The second kappa shape index (κ2) is 34.1. The Morgan fingerprint density at radius 1 is 0.773 bits per heavy atom. The molecule has 0 unspecified atom stereocenters. The average Bonchev–Trinajstić information content (AvgIpc) is 1.42. The molecule has 6 rings (SSSR count). The van der Waals surface area contributed by atoms with Crippen LogP contribution in [0, 0.1) is 17.8 Å². The molecule has 25 nitrogen and oxygen atoms in total. The van der Waals surface area contributed by atoms with E-state index < -0.39 is 138 Å². The number of fused-ring (bicyclic) bond motifs is 3. The maximum absolute atomic E-state index is 14.6. The Balaban J connectivity index is 1.23. The van der Waals surface area contributed by atoms with Gasteiger partial charge in [0.05, 0.1) is 43.8 Å². The van der Waals surface area contributed by atoms with Crippen molar-refractivity contribution in [2.75, 3.05) is 58.9 Å². The molecule has 6 N–H and O–H groups in total.